The summed E-state index contributed by atoms with van der Waals surface area (Å²) in [5.41, 5.74) is 1.28. The molecule has 2 heterocycles. The second-order valence-corrected chi connectivity index (χ2v) is 7.83. The van der Waals surface area contributed by atoms with E-state index < -0.39 is 0 Å². The predicted molar refractivity (Wildman–Crippen MR) is 123 cm³/mol. The van der Waals surface area contributed by atoms with Gasteiger partial charge in [0.05, 0.1) is 13.1 Å². The molecule has 2 aromatic rings. The summed E-state index contributed by atoms with van der Waals surface area (Å²) < 4.78 is 7.98. The molecule has 28 heavy (non-hydrogen) atoms. The summed E-state index contributed by atoms with van der Waals surface area (Å²) in [5.74, 6) is 2.79. The van der Waals surface area contributed by atoms with Crippen molar-refractivity contribution in [3.05, 3.63) is 42.0 Å². The van der Waals surface area contributed by atoms with E-state index in [1.807, 2.05) is 16.8 Å². The molecule has 1 aliphatic rings. The molecule has 7 nitrogen and oxygen atoms in total. The number of rotatable bonds is 5. The number of para-hydroxylation sites is 1. The van der Waals surface area contributed by atoms with E-state index in [9.17, 15) is 0 Å². The topological polar surface area (TPSA) is 76.4 Å². The highest BCUT2D eigenvalue weighted by atomic mass is 127. The van der Waals surface area contributed by atoms with Crippen molar-refractivity contribution >= 4 is 29.9 Å². The standard InChI is InChI=1S/C20H30N6O.HI/c1-20(2,3)16-7-5-6-8-17(16)27-12-11-22-19(21-4)25-15-9-10-18-23-14-24-26(18)13-15;/h5-8,14-15H,9-13H2,1-4H3,(H2,21,22,25);1H. The van der Waals surface area contributed by atoms with E-state index in [2.05, 4.69) is 58.6 Å². The normalized spacial score (nSPS) is 16.7. The molecule has 3 rings (SSSR count). The van der Waals surface area contributed by atoms with Crippen LogP contribution in [0, 0.1) is 0 Å². The van der Waals surface area contributed by atoms with Gasteiger partial charge in [-0.15, -0.1) is 24.0 Å². The fourth-order valence-corrected chi connectivity index (χ4v) is 3.29. The highest BCUT2D eigenvalue weighted by Crippen LogP contribution is 2.30. The molecule has 8 heteroatoms. The fraction of sp³-hybridized carbons (Fsp3) is 0.550. The molecule has 1 aromatic carbocycles. The first-order chi connectivity index (χ1) is 13.0. The lowest BCUT2D eigenvalue weighted by Gasteiger charge is -2.25. The maximum atomic E-state index is 6.02. The van der Waals surface area contributed by atoms with Crippen LogP contribution in [0.5, 0.6) is 5.75 Å². The first-order valence-electron chi connectivity index (χ1n) is 9.53. The minimum atomic E-state index is 0. The third-order valence-electron chi connectivity index (χ3n) is 4.72. The van der Waals surface area contributed by atoms with Crippen molar-refractivity contribution in [3.8, 4) is 5.75 Å². The molecule has 0 saturated heterocycles. The van der Waals surface area contributed by atoms with Crippen LogP contribution in [0.1, 0.15) is 38.6 Å². The molecule has 1 unspecified atom stereocenters. The smallest absolute Gasteiger partial charge is 0.191 e. The van der Waals surface area contributed by atoms with Gasteiger partial charge in [0.2, 0.25) is 0 Å². The average Bonchev–Trinajstić information content (AvgIpc) is 3.11. The Kier molecular flexibility index (Phi) is 8.09. The summed E-state index contributed by atoms with van der Waals surface area (Å²) in [5, 5.41) is 11.1. The molecule has 0 bridgehead atoms. The molecule has 0 saturated carbocycles. The van der Waals surface area contributed by atoms with Crippen LogP contribution in [0.3, 0.4) is 0 Å². The molecule has 1 atom stereocenters. The van der Waals surface area contributed by atoms with E-state index in [4.69, 9.17) is 4.74 Å². The first kappa shape index (κ1) is 22.4. The fourth-order valence-electron chi connectivity index (χ4n) is 3.29. The van der Waals surface area contributed by atoms with E-state index in [1.165, 1.54) is 5.56 Å². The lowest BCUT2D eigenvalue weighted by molar-refractivity contribution is 0.312. The van der Waals surface area contributed by atoms with Crippen LogP contribution in [0.4, 0.5) is 0 Å². The van der Waals surface area contributed by atoms with Gasteiger partial charge in [0.1, 0.15) is 24.5 Å². The zero-order valence-electron chi connectivity index (χ0n) is 17.1. The van der Waals surface area contributed by atoms with Gasteiger partial charge < -0.3 is 15.4 Å². The Bertz CT molecular complexity index is 783. The van der Waals surface area contributed by atoms with E-state index >= 15 is 0 Å². The Balaban J connectivity index is 0.00000280. The van der Waals surface area contributed by atoms with Crippen molar-refractivity contribution in [2.24, 2.45) is 4.99 Å². The number of nitrogens with one attached hydrogen (secondary N) is 2. The van der Waals surface area contributed by atoms with Gasteiger partial charge in [0.15, 0.2) is 5.96 Å². The SMILES string of the molecule is CN=C(NCCOc1ccccc1C(C)(C)C)NC1CCc2ncnn2C1.I. The second kappa shape index (κ2) is 10.1. The van der Waals surface area contributed by atoms with Gasteiger partial charge in [-0.25, -0.2) is 9.67 Å². The number of fused-ring (bicyclic) bond motifs is 1. The number of halogens is 1. The number of hydrogen-bond donors (Lipinski definition) is 2. The molecule has 0 spiro atoms. The number of hydrogen-bond acceptors (Lipinski definition) is 4. The summed E-state index contributed by atoms with van der Waals surface area (Å²) in [4.78, 5) is 8.59. The van der Waals surface area contributed by atoms with Gasteiger partial charge in [-0.3, -0.25) is 4.99 Å². The Morgan fingerprint density at radius 2 is 2.11 bits per heavy atom. The van der Waals surface area contributed by atoms with Gasteiger partial charge >= 0.3 is 0 Å². The summed E-state index contributed by atoms with van der Waals surface area (Å²) in [6.45, 7) is 8.66. The van der Waals surface area contributed by atoms with Crippen LogP contribution in [0.25, 0.3) is 0 Å². The minimum absolute atomic E-state index is 0. The molecule has 0 fully saturated rings. The minimum Gasteiger partial charge on any atom is -0.491 e. The third-order valence-corrected chi connectivity index (χ3v) is 4.72. The van der Waals surface area contributed by atoms with Crippen molar-refractivity contribution in [1.29, 1.82) is 0 Å². The predicted octanol–water partition coefficient (Wildman–Crippen LogP) is 2.75. The molecular formula is C20H31IN6O. The lowest BCUT2D eigenvalue weighted by atomic mass is 9.86. The van der Waals surface area contributed by atoms with Gasteiger partial charge in [0, 0.05) is 19.5 Å². The summed E-state index contributed by atoms with van der Waals surface area (Å²) >= 11 is 0. The zero-order valence-corrected chi connectivity index (χ0v) is 19.4. The average molecular weight is 498 g/mol. The Hall–Kier alpha value is -1.84. The van der Waals surface area contributed by atoms with Gasteiger partial charge in [0.25, 0.3) is 0 Å². The largest absolute Gasteiger partial charge is 0.491 e. The van der Waals surface area contributed by atoms with Gasteiger partial charge in [-0.05, 0) is 23.5 Å². The monoisotopic (exact) mass is 498 g/mol. The van der Waals surface area contributed by atoms with E-state index in [-0.39, 0.29) is 29.4 Å². The van der Waals surface area contributed by atoms with E-state index in [0.717, 1.165) is 36.9 Å². The second-order valence-electron chi connectivity index (χ2n) is 7.83. The summed E-state index contributed by atoms with van der Waals surface area (Å²) in [6.07, 6.45) is 3.58. The Morgan fingerprint density at radius 3 is 2.86 bits per heavy atom. The number of aliphatic imine (C=N–C) groups is 1. The van der Waals surface area contributed by atoms with Gasteiger partial charge in [-0.2, -0.15) is 5.10 Å². The molecule has 0 amide bonds. The van der Waals surface area contributed by atoms with Crippen molar-refractivity contribution in [1.82, 2.24) is 25.4 Å². The number of aromatic nitrogens is 3. The first-order valence-corrected chi connectivity index (χ1v) is 9.53. The van der Waals surface area contributed by atoms with Crippen LogP contribution in [-0.2, 0) is 18.4 Å². The van der Waals surface area contributed by atoms with Crippen LogP contribution in [0.2, 0.25) is 0 Å². The number of ether oxygens (including phenoxy) is 1. The Morgan fingerprint density at radius 1 is 1.32 bits per heavy atom. The zero-order chi connectivity index (χ0) is 19.3. The maximum Gasteiger partial charge on any atom is 0.191 e. The van der Waals surface area contributed by atoms with Crippen molar-refractivity contribution in [2.45, 2.75) is 51.6 Å². The number of benzene rings is 1. The van der Waals surface area contributed by atoms with E-state index in [0.29, 0.717) is 19.2 Å². The van der Waals surface area contributed by atoms with Crippen molar-refractivity contribution in [3.63, 3.8) is 0 Å². The van der Waals surface area contributed by atoms with Crippen molar-refractivity contribution in [2.75, 3.05) is 20.2 Å². The maximum absolute atomic E-state index is 6.02. The number of aryl methyl sites for hydroxylation is 1. The molecular weight excluding hydrogens is 467 g/mol. The van der Waals surface area contributed by atoms with Crippen LogP contribution in [0.15, 0.2) is 35.6 Å². The molecule has 154 valence electrons. The molecule has 0 radical (unpaired) electrons. The summed E-state index contributed by atoms with van der Waals surface area (Å²) in [6, 6.07) is 8.53. The Labute approximate surface area is 184 Å². The molecule has 1 aliphatic heterocycles. The van der Waals surface area contributed by atoms with Crippen LogP contribution >= 0.6 is 24.0 Å². The quantitative estimate of drug-likeness (QED) is 0.287. The van der Waals surface area contributed by atoms with Crippen LogP contribution in [-0.4, -0.2) is 47.0 Å². The molecule has 1 aromatic heterocycles. The highest BCUT2D eigenvalue weighted by molar-refractivity contribution is 14.0. The summed E-state index contributed by atoms with van der Waals surface area (Å²) in [7, 11) is 1.79. The lowest BCUT2D eigenvalue weighted by Crippen LogP contribution is -2.47. The molecule has 0 aliphatic carbocycles. The van der Waals surface area contributed by atoms with Crippen LogP contribution < -0.4 is 15.4 Å². The third kappa shape index (κ3) is 5.83. The van der Waals surface area contributed by atoms with E-state index in [1.54, 1.807) is 13.4 Å². The van der Waals surface area contributed by atoms with Gasteiger partial charge in [-0.1, -0.05) is 39.0 Å². The number of nitrogens with zero attached hydrogens (tertiary/aromatic N) is 4. The number of guanidine groups is 1. The van der Waals surface area contributed by atoms with Crippen molar-refractivity contribution < 1.29 is 4.74 Å². The highest BCUT2D eigenvalue weighted by Gasteiger charge is 2.21. The molecule has 2 N–H and O–H groups in total.